The summed E-state index contributed by atoms with van der Waals surface area (Å²) in [6, 6.07) is 20.9. The highest BCUT2D eigenvalue weighted by Gasteiger charge is 2.12. The van der Waals surface area contributed by atoms with Gasteiger partial charge < -0.3 is 10.3 Å². The first-order valence-electron chi connectivity index (χ1n) is 9.65. The second-order valence-corrected chi connectivity index (χ2v) is 8.68. The van der Waals surface area contributed by atoms with Gasteiger partial charge in [-0.05, 0) is 37.6 Å². The third-order valence-corrected chi connectivity index (χ3v) is 5.84. The van der Waals surface area contributed by atoms with Crippen LogP contribution < -0.4 is 15.7 Å². The average molecular weight is 458 g/mol. The zero-order valence-electron chi connectivity index (χ0n) is 17.1. The molecule has 162 valence electrons. The topological polar surface area (TPSA) is 119 Å². The molecule has 0 saturated heterocycles. The van der Waals surface area contributed by atoms with Crippen molar-refractivity contribution in [3.8, 4) is 21.7 Å². The molecule has 0 fully saturated rings. The van der Waals surface area contributed by atoms with Crippen molar-refractivity contribution in [2.75, 3.05) is 18.8 Å². The summed E-state index contributed by atoms with van der Waals surface area (Å²) in [5.41, 5.74) is 11.3. The van der Waals surface area contributed by atoms with Crippen molar-refractivity contribution in [2.24, 2.45) is 0 Å². The van der Waals surface area contributed by atoms with Crippen molar-refractivity contribution in [3.63, 3.8) is 0 Å². The van der Waals surface area contributed by atoms with Gasteiger partial charge in [0.1, 0.15) is 13.1 Å². The van der Waals surface area contributed by atoms with Crippen LogP contribution in [0.3, 0.4) is 0 Å². The van der Waals surface area contributed by atoms with E-state index in [0.717, 1.165) is 45.8 Å². The number of benzene rings is 3. The number of aromatic nitrogens is 1. The Labute approximate surface area is 185 Å². The van der Waals surface area contributed by atoms with E-state index in [9.17, 15) is 0 Å². The molecule has 0 spiro atoms. The normalized spacial score (nSPS) is 11.2. The molecular formula is C22H23N3O4S2. The van der Waals surface area contributed by atoms with Gasteiger partial charge in [0, 0.05) is 23.4 Å². The Bertz CT molecular complexity index is 1340. The molecule has 31 heavy (non-hydrogen) atoms. The summed E-state index contributed by atoms with van der Waals surface area (Å²) in [6.07, 6.45) is 0. The van der Waals surface area contributed by atoms with Crippen molar-refractivity contribution in [3.05, 3.63) is 66.0 Å². The van der Waals surface area contributed by atoms with E-state index in [2.05, 4.69) is 60.9 Å². The molecule has 9 heteroatoms. The Kier molecular flexibility index (Phi) is 7.01. The van der Waals surface area contributed by atoms with E-state index >= 15 is 0 Å². The minimum Gasteiger partial charge on any atom is -0.726 e. The Hall–Kier alpha value is -2.85. The number of nitrogen functional groups attached to an aromatic ring is 1. The summed E-state index contributed by atoms with van der Waals surface area (Å²) in [5.74, 6) is 0. The first-order chi connectivity index (χ1) is 14.7. The lowest BCUT2D eigenvalue weighted by Crippen LogP contribution is -2.29. The van der Waals surface area contributed by atoms with Gasteiger partial charge in [0.05, 0.1) is 20.8 Å². The summed E-state index contributed by atoms with van der Waals surface area (Å²) < 4.78 is 36.3. The van der Waals surface area contributed by atoms with E-state index in [-0.39, 0.29) is 0 Å². The molecule has 0 atom stereocenters. The number of fused-ring (bicyclic) bond motifs is 2. The van der Waals surface area contributed by atoms with Crippen LogP contribution in [0.25, 0.3) is 31.9 Å². The molecule has 2 aromatic carbocycles. The summed E-state index contributed by atoms with van der Waals surface area (Å²) >= 11 is 1.75. The van der Waals surface area contributed by atoms with Crippen LogP contribution in [0, 0.1) is 0 Å². The highest BCUT2D eigenvalue weighted by Crippen LogP contribution is 2.35. The number of hydrogen-bond donors (Lipinski definition) is 2. The van der Waals surface area contributed by atoms with Crippen LogP contribution in [0.15, 0.2) is 60.7 Å². The molecule has 1 heterocycles. The van der Waals surface area contributed by atoms with Gasteiger partial charge in [-0.2, -0.15) is 0 Å². The standard InChI is InChI=1S/C22H21N3S.H2O4S/c1-3-25(4-2)16-10-11-19-21(12-16)26-22-14-18(23)17(13-20(22)24-19)15-8-6-5-7-9-15;1-5(2,3)4/h5-14,23H,3-4H2,1-2H3;(H2,1,2,3,4). The maximum absolute atomic E-state index is 8.63. The average Bonchev–Trinajstić information content (AvgIpc) is 2.72. The summed E-state index contributed by atoms with van der Waals surface area (Å²) in [7, 11) is -4.92. The van der Waals surface area contributed by atoms with Gasteiger partial charge >= 0.3 is 0 Å². The van der Waals surface area contributed by atoms with E-state index in [0.29, 0.717) is 0 Å². The lowest BCUT2D eigenvalue weighted by molar-refractivity contribution is 0.366. The molecule has 0 aromatic heterocycles. The van der Waals surface area contributed by atoms with E-state index in [4.69, 9.17) is 28.2 Å². The molecule has 7 nitrogen and oxygen atoms in total. The molecule has 4 rings (SSSR count). The number of hydrogen-bond acceptors (Lipinski definition) is 6. The maximum Gasteiger partial charge on any atom is 0.215 e. The SMILES string of the molecule is CC[N+](CC)=c1ccc2nc3cc(-c4ccccc4)c(N)cc3sc-2c1.O=S(=O)([O-])O. The fourth-order valence-electron chi connectivity index (χ4n) is 3.33. The largest absolute Gasteiger partial charge is 0.726 e. The highest BCUT2D eigenvalue weighted by atomic mass is 32.3. The van der Waals surface area contributed by atoms with Crippen LogP contribution >= 0.6 is 11.3 Å². The van der Waals surface area contributed by atoms with Gasteiger partial charge in [-0.15, -0.1) is 11.3 Å². The maximum atomic E-state index is 8.63. The molecule has 0 bridgehead atoms. The van der Waals surface area contributed by atoms with Gasteiger partial charge in [0.2, 0.25) is 15.8 Å². The summed E-state index contributed by atoms with van der Waals surface area (Å²) in [4.78, 5) is 6.08. The zero-order valence-corrected chi connectivity index (χ0v) is 18.8. The fraction of sp³-hybridized carbons (Fsp3) is 0.182. The van der Waals surface area contributed by atoms with Gasteiger partial charge in [-0.25, -0.2) is 18.0 Å². The van der Waals surface area contributed by atoms with Gasteiger partial charge in [0.25, 0.3) is 0 Å². The second kappa shape index (κ2) is 9.52. The Morgan fingerprint density at radius 1 is 1.06 bits per heavy atom. The fourth-order valence-corrected chi connectivity index (χ4v) is 4.36. The van der Waals surface area contributed by atoms with Crippen LogP contribution in [0.1, 0.15) is 13.8 Å². The molecule has 0 unspecified atom stereocenters. The Morgan fingerprint density at radius 3 is 2.32 bits per heavy atom. The molecule has 0 saturated carbocycles. The Balaban J connectivity index is 0.000000491. The lowest BCUT2D eigenvalue weighted by Gasteiger charge is -2.10. The van der Waals surface area contributed by atoms with Crippen molar-refractivity contribution >= 4 is 37.6 Å². The van der Waals surface area contributed by atoms with Crippen molar-refractivity contribution in [1.82, 2.24) is 9.56 Å². The first kappa shape index (κ1) is 22.8. The van der Waals surface area contributed by atoms with Gasteiger partial charge in [-0.3, -0.25) is 4.55 Å². The monoisotopic (exact) mass is 457 g/mol. The van der Waals surface area contributed by atoms with Crippen LogP contribution in [0.5, 0.6) is 0 Å². The molecule has 2 aliphatic rings. The number of nitrogens with zero attached hydrogens (tertiary/aromatic N) is 2. The second-order valence-electron chi connectivity index (χ2n) is 6.74. The van der Waals surface area contributed by atoms with E-state index in [1.165, 1.54) is 10.2 Å². The van der Waals surface area contributed by atoms with Crippen LogP contribution in [-0.2, 0) is 10.4 Å². The molecule has 1 aliphatic carbocycles. The molecule has 2 aromatic rings. The quantitative estimate of drug-likeness (QED) is 0.160. The zero-order chi connectivity index (χ0) is 22.6. The third-order valence-electron chi connectivity index (χ3n) is 4.75. The first-order valence-corrected chi connectivity index (χ1v) is 11.8. The molecule has 3 N–H and O–H groups in total. The van der Waals surface area contributed by atoms with Crippen molar-refractivity contribution < 1.29 is 17.5 Å². The van der Waals surface area contributed by atoms with E-state index < -0.39 is 10.4 Å². The minimum absolute atomic E-state index is 0.793. The van der Waals surface area contributed by atoms with E-state index in [1.54, 1.807) is 11.3 Å². The Morgan fingerprint density at radius 2 is 1.71 bits per heavy atom. The molecule has 0 radical (unpaired) electrons. The molecule has 0 amide bonds. The van der Waals surface area contributed by atoms with Crippen LogP contribution in [0.4, 0.5) is 5.69 Å². The summed E-state index contributed by atoms with van der Waals surface area (Å²) in [5, 5.41) is 1.24. The van der Waals surface area contributed by atoms with Crippen molar-refractivity contribution in [1.29, 1.82) is 0 Å². The molecule has 1 aliphatic heterocycles. The highest BCUT2D eigenvalue weighted by molar-refractivity contribution is 7.79. The third kappa shape index (κ3) is 5.86. The lowest BCUT2D eigenvalue weighted by atomic mass is 10.0. The minimum atomic E-state index is -4.92. The smallest absolute Gasteiger partial charge is 0.215 e. The number of rotatable bonds is 3. The van der Waals surface area contributed by atoms with Crippen LogP contribution in [0.2, 0.25) is 0 Å². The predicted molar refractivity (Wildman–Crippen MR) is 125 cm³/mol. The summed E-state index contributed by atoms with van der Waals surface area (Å²) in [6.45, 7) is 6.37. The predicted octanol–water partition coefficient (Wildman–Crippen LogP) is 3.47. The van der Waals surface area contributed by atoms with Crippen molar-refractivity contribution in [2.45, 2.75) is 13.8 Å². The van der Waals surface area contributed by atoms with Gasteiger partial charge in [0.15, 0.2) is 0 Å². The van der Waals surface area contributed by atoms with E-state index in [1.807, 2.05) is 18.2 Å². The molecular weight excluding hydrogens is 434 g/mol. The van der Waals surface area contributed by atoms with Crippen LogP contribution in [-0.4, -0.2) is 35.6 Å². The van der Waals surface area contributed by atoms with Gasteiger partial charge in [-0.1, -0.05) is 30.3 Å². The number of nitrogens with two attached hydrogens (primary N) is 1. The number of anilines is 1.